The van der Waals surface area contributed by atoms with Gasteiger partial charge in [0.25, 0.3) is 0 Å². The molecular formula is C26H40F2N4O5. The molecule has 37 heavy (non-hydrogen) atoms. The number of piperidine rings is 1. The number of likely N-dealkylation sites (tertiary alicyclic amines) is 1. The number of carbonyl (C=O) groups is 2. The molecule has 0 aromatic heterocycles. The van der Waals surface area contributed by atoms with Crippen molar-refractivity contribution in [3.8, 4) is 0 Å². The second-order valence-electron chi connectivity index (χ2n) is 9.85. The number of halogens is 2. The highest BCUT2D eigenvalue weighted by molar-refractivity contribution is 5.74. The van der Waals surface area contributed by atoms with Crippen LogP contribution >= 0.6 is 0 Å². The Kier molecular flexibility index (Phi) is 11.3. The maximum Gasteiger partial charge on any atom is 0.406 e. The Bertz CT molecular complexity index is 887. The van der Waals surface area contributed by atoms with Crippen LogP contribution in [0.5, 0.6) is 0 Å². The highest BCUT2D eigenvalue weighted by Crippen LogP contribution is 2.35. The second kappa shape index (κ2) is 14.4. The summed E-state index contributed by atoms with van der Waals surface area (Å²) in [6.07, 6.45) is 3.32. The van der Waals surface area contributed by atoms with Crippen molar-refractivity contribution in [1.29, 1.82) is 0 Å². The third kappa shape index (κ3) is 7.99. The zero-order valence-corrected chi connectivity index (χ0v) is 21.7. The molecular weight excluding hydrogens is 486 g/mol. The number of nitrogens with one attached hydrogen (secondary N) is 3. The fourth-order valence-electron chi connectivity index (χ4n) is 5.43. The van der Waals surface area contributed by atoms with Crippen molar-refractivity contribution in [1.82, 2.24) is 20.9 Å². The van der Waals surface area contributed by atoms with Crippen LogP contribution < -0.4 is 16.0 Å². The molecule has 1 heterocycles. The van der Waals surface area contributed by atoms with Gasteiger partial charge in [-0.05, 0) is 44.7 Å². The Balaban J connectivity index is 1.69. The average molecular weight is 527 g/mol. The number of likely N-dealkylation sites (N-methyl/N-ethyl adjacent to an activating group) is 1. The second-order valence-corrected chi connectivity index (χ2v) is 9.85. The summed E-state index contributed by atoms with van der Waals surface area (Å²) in [7, 11) is 3.03. The summed E-state index contributed by atoms with van der Waals surface area (Å²) in [4.78, 5) is 26.2. The number of rotatable bonds is 11. The molecule has 0 spiro atoms. The minimum Gasteiger partial charge on any atom is -0.453 e. The third-order valence-corrected chi connectivity index (χ3v) is 7.34. The summed E-state index contributed by atoms with van der Waals surface area (Å²) >= 11 is 0. The maximum absolute atomic E-state index is 14.8. The van der Waals surface area contributed by atoms with Gasteiger partial charge in [0.15, 0.2) is 11.6 Å². The zero-order valence-electron chi connectivity index (χ0n) is 21.7. The van der Waals surface area contributed by atoms with Crippen molar-refractivity contribution >= 4 is 12.1 Å². The standard InChI is InChI=1S/C26H40F2N4O5/c1-29-15-21(23(33)17-7-3-4-8-17)31-25(34)32-13-6-9-18(16-32)24(37-14-12-30-26(35)36-2)19-10-5-11-20(27)22(19)28/h5,10-11,17-18,21,23-24,29,33H,3-4,6-9,12-16H2,1-2H3,(H,30,35)(H,31,34)/t18-,21-,23-,24?/m1/s1. The van der Waals surface area contributed by atoms with E-state index in [9.17, 15) is 23.5 Å². The molecule has 208 valence electrons. The van der Waals surface area contributed by atoms with Crippen molar-refractivity contribution in [2.45, 2.75) is 56.8 Å². The van der Waals surface area contributed by atoms with Crippen LogP contribution in [0.15, 0.2) is 18.2 Å². The fraction of sp³-hybridized carbons (Fsp3) is 0.692. The van der Waals surface area contributed by atoms with Crippen LogP contribution in [0.25, 0.3) is 0 Å². The SMILES string of the molecule is CNC[C@@H](NC(=O)N1CCC[C@@H](C(OCCNC(=O)OC)c2cccc(F)c2F)C1)[C@H](O)C1CCCC1. The van der Waals surface area contributed by atoms with Crippen molar-refractivity contribution < 1.29 is 33.0 Å². The minimum atomic E-state index is -0.983. The number of hydrogen-bond donors (Lipinski definition) is 4. The van der Waals surface area contributed by atoms with E-state index in [1.54, 1.807) is 11.9 Å². The molecule has 4 N–H and O–H groups in total. The van der Waals surface area contributed by atoms with Gasteiger partial charge in [0.2, 0.25) is 0 Å². The number of alkyl carbamates (subject to hydrolysis) is 1. The lowest BCUT2D eigenvalue weighted by Crippen LogP contribution is -2.56. The minimum absolute atomic E-state index is 0.0518. The quantitative estimate of drug-likeness (QED) is 0.330. The van der Waals surface area contributed by atoms with E-state index in [0.717, 1.165) is 31.7 Å². The van der Waals surface area contributed by atoms with Crippen molar-refractivity contribution in [3.05, 3.63) is 35.4 Å². The van der Waals surface area contributed by atoms with Crippen molar-refractivity contribution in [2.75, 3.05) is 46.9 Å². The van der Waals surface area contributed by atoms with E-state index >= 15 is 0 Å². The van der Waals surface area contributed by atoms with Crippen LogP contribution in [0.2, 0.25) is 0 Å². The number of hydrogen-bond acceptors (Lipinski definition) is 6. The lowest BCUT2D eigenvalue weighted by atomic mass is 9.88. The number of aliphatic hydroxyl groups excluding tert-OH is 1. The molecule has 0 radical (unpaired) electrons. The average Bonchev–Trinajstić information content (AvgIpc) is 3.45. The molecule has 1 aromatic carbocycles. The van der Waals surface area contributed by atoms with Crippen LogP contribution in [0, 0.1) is 23.5 Å². The predicted octanol–water partition coefficient (Wildman–Crippen LogP) is 2.94. The first-order chi connectivity index (χ1) is 17.8. The summed E-state index contributed by atoms with van der Waals surface area (Å²) in [5.41, 5.74) is 0.0787. The Morgan fingerprint density at radius 3 is 2.59 bits per heavy atom. The number of benzene rings is 1. The normalized spacial score (nSPS) is 20.8. The molecule has 0 bridgehead atoms. The van der Waals surface area contributed by atoms with Crippen LogP contribution in [0.1, 0.15) is 50.2 Å². The smallest absolute Gasteiger partial charge is 0.406 e. The van der Waals surface area contributed by atoms with Crippen molar-refractivity contribution in [3.63, 3.8) is 0 Å². The number of urea groups is 1. The molecule has 1 aliphatic heterocycles. The molecule has 2 fully saturated rings. The van der Waals surface area contributed by atoms with Gasteiger partial charge in [-0.2, -0.15) is 0 Å². The van der Waals surface area contributed by atoms with Gasteiger partial charge >= 0.3 is 12.1 Å². The van der Waals surface area contributed by atoms with Crippen LogP contribution in [0.4, 0.5) is 18.4 Å². The number of carbonyl (C=O) groups excluding carboxylic acids is 2. The Hall–Kier alpha value is -2.50. The molecule has 11 heteroatoms. The molecule has 3 amide bonds. The van der Waals surface area contributed by atoms with Crippen LogP contribution in [-0.4, -0.2) is 81.2 Å². The first-order valence-electron chi connectivity index (χ1n) is 13.1. The number of methoxy groups -OCH3 is 1. The van der Waals surface area contributed by atoms with E-state index in [0.29, 0.717) is 25.9 Å². The molecule has 1 aliphatic carbocycles. The number of ether oxygens (including phenoxy) is 2. The first kappa shape index (κ1) is 29.1. The summed E-state index contributed by atoms with van der Waals surface area (Å²) in [5.74, 6) is -2.08. The maximum atomic E-state index is 14.8. The largest absolute Gasteiger partial charge is 0.453 e. The summed E-state index contributed by atoms with van der Waals surface area (Å²) in [5, 5.41) is 19.5. The molecule has 9 nitrogen and oxygen atoms in total. The van der Waals surface area contributed by atoms with E-state index < -0.39 is 36.0 Å². The van der Waals surface area contributed by atoms with Gasteiger partial charge in [0, 0.05) is 37.7 Å². The first-order valence-corrected chi connectivity index (χ1v) is 13.1. The van der Waals surface area contributed by atoms with Gasteiger partial charge in [-0.3, -0.25) is 0 Å². The molecule has 2 aliphatic rings. The van der Waals surface area contributed by atoms with Gasteiger partial charge in [0.1, 0.15) is 0 Å². The molecule has 1 saturated heterocycles. The van der Waals surface area contributed by atoms with Gasteiger partial charge in [-0.15, -0.1) is 0 Å². The molecule has 4 atom stereocenters. The highest BCUT2D eigenvalue weighted by atomic mass is 19.2. The predicted molar refractivity (Wildman–Crippen MR) is 134 cm³/mol. The Morgan fingerprint density at radius 1 is 1.16 bits per heavy atom. The fourth-order valence-corrected chi connectivity index (χ4v) is 5.43. The third-order valence-electron chi connectivity index (χ3n) is 7.34. The topological polar surface area (TPSA) is 112 Å². The number of amides is 3. The molecule has 1 aromatic rings. The lowest BCUT2D eigenvalue weighted by molar-refractivity contribution is -0.0114. The van der Waals surface area contributed by atoms with E-state index in [4.69, 9.17) is 4.74 Å². The molecule has 1 saturated carbocycles. The van der Waals surface area contributed by atoms with Crippen molar-refractivity contribution in [2.24, 2.45) is 11.8 Å². The Labute approximate surface area is 217 Å². The van der Waals surface area contributed by atoms with Gasteiger partial charge in [-0.1, -0.05) is 25.0 Å². The van der Waals surface area contributed by atoms with E-state index in [1.165, 1.54) is 19.2 Å². The van der Waals surface area contributed by atoms with Gasteiger partial charge in [-0.25, -0.2) is 18.4 Å². The molecule has 3 rings (SSSR count). The molecule has 1 unspecified atom stereocenters. The lowest BCUT2D eigenvalue weighted by Gasteiger charge is -2.38. The number of nitrogens with zero attached hydrogens (tertiary/aromatic N) is 1. The monoisotopic (exact) mass is 526 g/mol. The van der Waals surface area contributed by atoms with E-state index in [1.807, 2.05) is 0 Å². The summed E-state index contributed by atoms with van der Waals surface area (Å²) < 4.78 is 39.3. The highest BCUT2D eigenvalue weighted by Gasteiger charge is 2.35. The van der Waals surface area contributed by atoms with E-state index in [-0.39, 0.29) is 43.1 Å². The number of aliphatic hydroxyl groups is 1. The van der Waals surface area contributed by atoms with Gasteiger partial charge in [0.05, 0.1) is 32.0 Å². The van der Waals surface area contributed by atoms with Gasteiger partial charge < -0.3 is 35.4 Å². The summed E-state index contributed by atoms with van der Waals surface area (Å²) in [6, 6.07) is 3.23. The zero-order chi connectivity index (χ0) is 26.8. The summed E-state index contributed by atoms with van der Waals surface area (Å²) in [6.45, 7) is 1.41. The Morgan fingerprint density at radius 2 is 1.89 bits per heavy atom. The van der Waals surface area contributed by atoms with E-state index in [2.05, 4.69) is 20.7 Å². The van der Waals surface area contributed by atoms with Crippen LogP contribution in [-0.2, 0) is 9.47 Å². The van der Waals surface area contributed by atoms with Crippen LogP contribution in [0.3, 0.4) is 0 Å².